The van der Waals surface area contributed by atoms with Gasteiger partial charge in [-0.25, -0.2) is 14.8 Å². The second-order valence-electron chi connectivity index (χ2n) is 15.2. The van der Waals surface area contributed by atoms with E-state index in [0.717, 1.165) is 22.3 Å². The van der Waals surface area contributed by atoms with E-state index in [1.807, 2.05) is 97.2 Å². The second kappa shape index (κ2) is 21.1. The number of carbonyl (C=O) groups is 3. The van der Waals surface area contributed by atoms with Gasteiger partial charge in [-0.3, -0.25) is 14.0 Å². The maximum Gasteiger partial charge on any atom is 0.407 e. The summed E-state index contributed by atoms with van der Waals surface area (Å²) in [6.07, 6.45) is 1.75. The Morgan fingerprint density at radius 3 is 2.24 bits per heavy atom. The third-order valence-electron chi connectivity index (χ3n) is 8.68. The van der Waals surface area contributed by atoms with Crippen molar-refractivity contribution in [3.63, 3.8) is 0 Å². The summed E-state index contributed by atoms with van der Waals surface area (Å²) in [5, 5.41) is 25.7. The van der Waals surface area contributed by atoms with Crippen molar-refractivity contribution in [1.82, 2.24) is 35.3 Å². The molecule has 0 bridgehead atoms. The minimum absolute atomic E-state index is 0.0667. The van der Waals surface area contributed by atoms with Crippen LogP contribution in [-0.2, 0) is 30.2 Å². The molecule has 0 unspecified atom stereocenters. The molecule has 3 amide bonds. The summed E-state index contributed by atoms with van der Waals surface area (Å²) in [7, 11) is 0. The summed E-state index contributed by atoms with van der Waals surface area (Å²) in [6.45, 7) is 11.1. The molecule has 0 aliphatic carbocycles. The van der Waals surface area contributed by atoms with E-state index in [1.165, 1.54) is 0 Å². The molecular weight excluding hydrogens is 743 g/mol. The number of hydrogen-bond acceptors (Lipinski definition) is 12. The minimum Gasteiger partial charge on any atom is -0.444 e. The number of ether oxygens (including phenoxy) is 3. The van der Waals surface area contributed by atoms with Crippen LogP contribution in [0.25, 0.3) is 16.8 Å². The number of aliphatic hydroxyl groups is 1. The Bertz CT molecular complexity index is 2070. The highest BCUT2D eigenvalue weighted by molar-refractivity contribution is 5.90. The summed E-state index contributed by atoms with van der Waals surface area (Å²) in [5.41, 5.74) is 2.71. The van der Waals surface area contributed by atoms with E-state index in [4.69, 9.17) is 14.2 Å². The number of amides is 3. The van der Waals surface area contributed by atoms with E-state index in [-0.39, 0.29) is 25.5 Å². The van der Waals surface area contributed by atoms with Crippen LogP contribution in [0, 0.1) is 5.92 Å². The number of aromatic nitrogens is 4. The molecule has 0 aliphatic heterocycles. The van der Waals surface area contributed by atoms with Crippen molar-refractivity contribution in [2.45, 2.75) is 71.2 Å². The van der Waals surface area contributed by atoms with Gasteiger partial charge in [-0.15, -0.1) is 0 Å². The third-order valence-corrected chi connectivity index (χ3v) is 8.68. The van der Waals surface area contributed by atoms with E-state index in [0.29, 0.717) is 50.2 Å². The number of fused-ring (bicyclic) bond motifs is 3. The lowest BCUT2D eigenvalue weighted by atomic mass is 9.99. The normalized spacial score (nSPS) is 13.2. The summed E-state index contributed by atoms with van der Waals surface area (Å²) in [6, 6.07) is 20.8. The Hall–Kier alpha value is -5.84. The molecule has 16 heteroatoms. The van der Waals surface area contributed by atoms with Crippen molar-refractivity contribution in [2.75, 3.05) is 50.2 Å². The first-order valence-electron chi connectivity index (χ1n) is 19.5. The maximum atomic E-state index is 13.3. The van der Waals surface area contributed by atoms with Crippen molar-refractivity contribution in [2.24, 2.45) is 5.92 Å². The van der Waals surface area contributed by atoms with Gasteiger partial charge in [0.15, 0.2) is 6.10 Å². The zero-order chi connectivity index (χ0) is 41.5. The van der Waals surface area contributed by atoms with Crippen molar-refractivity contribution < 1.29 is 33.7 Å². The number of pyridine rings is 1. The molecule has 2 aromatic carbocycles. The Balaban J connectivity index is 0.968. The number of imidazole rings is 1. The molecule has 58 heavy (non-hydrogen) atoms. The lowest BCUT2D eigenvalue weighted by Crippen LogP contribution is -2.56. The Morgan fingerprint density at radius 1 is 0.810 bits per heavy atom. The highest BCUT2D eigenvalue weighted by Gasteiger charge is 2.32. The highest BCUT2D eigenvalue weighted by atomic mass is 16.6. The molecule has 0 radical (unpaired) electrons. The van der Waals surface area contributed by atoms with Crippen LogP contribution < -0.4 is 26.6 Å². The standard InChI is InChI=1S/C42H55N9O7/c1-28(2)25-33(47-39(54)37(52)32(26-29-11-7-6-8-12-29)49-41(55)58-42(3,4)5)38(53)44-19-22-57-24-23-56-21-18-43-35-16-15-30(27-45-35)46-36-17-20-51-34-14-10-9-13-31(34)48-40(51)50-36/h6-17,20,27-28,32-33,37,52H,18-19,21-26H2,1-5H3,(H,43,45)(H,44,53)(H,47,54)(H,49,55)(H,46,48,50)/t32-,33+,37+/m1/s1. The van der Waals surface area contributed by atoms with Crippen molar-refractivity contribution in [3.05, 3.63) is 90.8 Å². The number of benzene rings is 2. The van der Waals surface area contributed by atoms with Gasteiger partial charge in [0.05, 0.1) is 55.4 Å². The summed E-state index contributed by atoms with van der Waals surface area (Å²) in [4.78, 5) is 52.7. The molecule has 0 saturated carbocycles. The molecule has 3 heterocycles. The fourth-order valence-electron chi connectivity index (χ4n) is 5.99. The van der Waals surface area contributed by atoms with Crippen LogP contribution in [0.3, 0.4) is 0 Å². The van der Waals surface area contributed by atoms with Crippen molar-refractivity contribution in [3.8, 4) is 0 Å². The Labute approximate surface area is 338 Å². The van der Waals surface area contributed by atoms with E-state index < -0.39 is 41.7 Å². The quantitative estimate of drug-likeness (QED) is 0.0564. The predicted octanol–water partition coefficient (Wildman–Crippen LogP) is 4.61. The zero-order valence-corrected chi connectivity index (χ0v) is 33.7. The molecule has 0 saturated heterocycles. The van der Waals surface area contributed by atoms with Crippen LogP contribution in [0.2, 0.25) is 0 Å². The summed E-state index contributed by atoms with van der Waals surface area (Å²) < 4.78 is 18.6. The largest absolute Gasteiger partial charge is 0.444 e. The molecule has 3 atom stereocenters. The maximum absolute atomic E-state index is 13.3. The number of aliphatic hydroxyl groups excluding tert-OH is 1. The van der Waals surface area contributed by atoms with Gasteiger partial charge >= 0.3 is 6.09 Å². The molecule has 310 valence electrons. The van der Waals surface area contributed by atoms with Gasteiger partial charge in [0.2, 0.25) is 11.7 Å². The van der Waals surface area contributed by atoms with Gasteiger partial charge in [-0.2, -0.15) is 4.98 Å². The molecule has 5 rings (SSSR count). The van der Waals surface area contributed by atoms with Gasteiger partial charge in [-0.05, 0) is 75.4 Å². The first kappa shape index (κ1) is 43.3. The summed E-state index contributed by atoms with van der Waals surface area (Å²) in [5.74, 6) is 0.865. The van der Waals surface area contributed by atoms with E-state index in [9.17, 15) is 19.5 Å². The van der Waals surface area contributed by atoms with Crippen LogP contribution in [-0.4, -0.2) is 106 Å². The van der Waals surface area contributed by atoms with Crippen LogP contribution >= 0.6 is 0 Å². The molecule has 3 aromatic heterocycles. The van der Waals surface area contributed by atoms with Crippen LogP contribution in [0.4, 0.5) is 22.1 Å². The Kier molecular flexibility index (Phi) is 15.7. The summed E-state index contributed by atoms with van der Waals surface area (Å²) >= 11 is 0. The van der Waals surface area contributed by atoms with E-state index in [1.54, 1.807) is 27.0 Å². The number of nitrogens with zero attached hydrogens (tertiary/aromatic N) is 4. The number of alkyl carbamates (subject to hydrolysis) is 1. The van der Waals surface area contributed by atoms with Crippen LogP contribution in [0.1, 0.15) is 46.6 Å². The SMILES string of the molecule is CC(C)C[C@H](NC(=O)[C@@H](O)[C@@H](Cc1ccccc1)NC(=O)OC(C)(C)C)C(=O)NCCOCCOCCNc1ccc(Nc2ccn3c(n2)nc2ccccc23)cn1. The number of anilines is 3. The lowest BCUT2D eigenvalue weighted by Gasteiger charge is -2.28. The number of para-hydroxylation sites is 2. The predicted molar refractivity (Wildman–Crippen MR) is 222 cm³/mol. The fraction of sp³-hybridized carbons (Fsp3) is 0.429. The number of carbonyl (C=O) groups excluding carboxylic acids is 3. The number of rotatable bonds is 21. The molecule has 6 N–H and O–H groups in total. The number of hydrogen-bond donors (Lipinski definition) is 6. The molecule has 16 nitrogen and oxygen atoms in total. The fourth-order valence-corrected chi connectivity index (χ4v) is 5.99. The smallest absolute Gasteiger partial charge is 0.407 e. The average molecular weight is 798 g/mol. The topological polar surface area (TPSA) is 202 Å². The molecule has 0 spiro atoms. The number of nitrogens with one attached hydrogen (secondary N) is 5. The lowest BCUT2D eigenvalue weighted by molar-refractivity contribution is -0.135. The highest BCUT2D eigenvalue weighted by Crippen LogP contribution is 2.20. The van der Waals surface area contributed by atoms with E-state index in [2.05, 4.69) is 41.5 Å². The van der Waals surface area contributed by atoms with Gasteiger partial charge in [0.25, 0.3) is 5.91 Å². The van der Waals surface area contributed by atoms with Crippen molar-refractivity contribution >= 4 is 52.0 Å². The first-order valence-corrected chi connectivity index (χ1v) is 19.5. The van der Waals surface area contributed by atoms with Crippen LogP contribution in [0.5, 0.6) is 0 Å². The zero-order valence-electron chi connectivity index (χ0n) is 33.7. The first-order chi connectivity index (χ1) is 27.8. The third kappa shape index (κ3) is 13.7. The average Bonchev–Trinajstić information content (AvgIpc) is 3.55. The van der Waals surface area contributed by atoms with E-state index >= 15 is 0 Å². The molecule has 5 aromatic rings. The minimum atomic E-state index is -1.65. The second-order valence-corrected chi connectivity index (χ2v) is 15.2. The monoisotopic (exact) mass is 797 g/mol. The molecular formula is C42H55N9O7. The van der Waals surface area contributed by atoms with Gasteiger partial charge in [0.1, 0.15) is 23.3 Å². The molecule has 0 fully saturated rings. The van der Waals surface area contributed by atoms with Gasteiger partial charge < -0.3 is 45.9 Å². The van der Waals surface area contributed by atoms with Crippen LogP contribution in [0.15, 0.2) is 85.2 Å². The van der Waals surface area contributed by atoms with Gasteiger partial charge in [0, 0.05) is 19.3 Å². The Morgan fingerprint density at radius 2 is 1.53 bits per heavy atom. The van der Waals surface area contributed by atoms with Crippen molar-refractivity contribution in [1.29, 1.82) is 0 Å². The van der Waals surface area contributed by atoms with Gasteiger partial charge in [-0.1, -0.05) is 56.3 Å². The molecule has 0 aliphatic rings.